The van der Waals surface area contributed by atoms with Crippen molar-refractivity contribution in [1.29, 1.82) is 0 Å². The average molecular weight is 405 g/mol. The predicted molar refractivity (Wildman–Crippen MR) is 110 cm³/mol. The molecule has 0 bridgehead atoms. The first-order valence-electron chi connectivity index (χ1n) is 9.04. The summed E-state index contributed by atoms with van der Waals surface area (Å²) in [6.45, 7) is 6.78. The van der Waals surface area contributed by atoms with E-state index < -0.39 is 10.0 Å². The van der Waals surface area contributed by atoms with Gasteiger partial charge in [0.15, 0.2) is 0 Å². The Hall–Kier alpha value is -1.83. The molecule has 1 aliphatic rings. The molecule has 7 heteroatoms. The van der Waals surface area contributed by atoms with Crippen LogP contribution in [0.2, 0.25) is 0 Å². The van der Waals surface area contributed by atoms with E-state index >= 15 is 0 Å². The molecule has 0 saturated heterocycles. The van der Waals surface area contributed by atoms with Crippen LogP contribution in [0.25, 0.3) is 0 Å². The monoisotopic (exact) mass is 404 g/mol. The van der Waals surface area contributed by atoms with Crippen LogP contribution in [0.5, 0.6) is 0 Å². The van der Waals surface area contributed by atoms with Crippen molar-refractivity contribution in [3.05, 3.63) is 53.6 Å². The van der Waals surface area contributed by atoms with Crippen molar-refractivity contribution in [2.24, 2.45) is 0 Å². The number of hydrogen-bond acceptors (Lipinski definition) is 4. The van der Waals surface area contributed by atoms with Crippen molar-refractivity contribution in [2.75, 3.05) is 30.3 Å². The van der Waals surface area contributed by atoms with Gasteiger partial charge in [-0.1, -0.05) is 32.0 Å². The quantitative estimate of drug-likeness (QED) is 0.761. The van der Waals surface area contributed by atoms with Gasteiger partial charge in [0.25, 0.3) is 5.91 Å². The molecule has 1 amide bonds. The third-order valence-corrected chi connectivity index (χ3v) is 7.97. The molecule has 0 atom stereocenters. The van der Waals surface area contributed by atoms with Crippen LogP contribution in [-0.4, -0.2) is 44.0 Å². The van der Waals surface area contributed by atoms with E-state index in [4.69, 9.17) is 0 Å². The second-order valence-corrected chi connectivity index (χ2v) is 9.39. The molecule has 3 rings (SSSR count). The van der Waals surface area contributed by atoms with E-state index in [1.54, 1.807) is 35.7 Å². The van der Waals surface area contributed by atoms with Crippen LogP contribution in [0.1, 0.15) is 29.8 Å². The zero-order valence-electron chi connectivity index (χ0n) is 15.8. The van der Waals surface area contributed by atoms with Gasteiger partial charge in [-0.25, -0.2) is 8.42 Å². The van der Waals surface area contributed by atoms with Gasteiger partial charge in [-0.05, 0) is 36.8 Å². The Morgan fingerprint density at radius 3 is 2.56 bits per heavy atom. The van der Waals surface area contributed by atoms with Crippen molar-refractivity contribution in [1.82, 2.24) is 4.31 Å². The predicted octanol–water partition coefficient (Wildman–Crippen LogP) is 3.78. The third kappa shape index (κ3) is 3.77. The van der Waals surface area contributed by atoms with Gasteiger partial charge < -0.3 is 4.90 Å². The molecule has 5 nitrogen and oxygen atoms in total. The van der Waals surface area contributed by atoms with Crippen LogP contribution >= 0.6 is 11.8 Å². The second kappa shape index (κ2) is 8.04. The van der Waals surface area contributed by atoms with Crippen molar-refractivity contribution in [3.8, 4) is 0 Å². The molecule has 0 aliphatic carbocycles. The largest absolute Gasteiger partial charge is 0.306 e. The lowest BCUT2D eigenvalue weighted by Gasteiger charge is -2.29. The molecule has 0 spiro atoms. The van der Waals surface area contributed by atoms with E-state index in [9.17, 15) is 13.2 Å². The van der Waals surface area contributed by atoms with E-state index in [0.717, 1.165) is 16.3 Å². The number of benzene rings is 2. The number of thioether (sulfide) groups is 1. The summed E-state index contributed by atoms with van der Waals surface area (Å²) < 4.78 is 27.3. The number of amides is 1. The van der Waals surface area contributed by atoms with E-state index in [0.29, 0.717) is 30.8 Å². The van der Waals surface area contributed by atoms with Crippen LogP contribution in [0, 0.1) is 6.92 Å². The SMILES string of the molecule is CCN(CC)S(=O)(=O)c1cc(C(=O)N2CCSc3ccccc32)ccc1C. The molecule has 1 aliphatic heterocycles. The Balaban J connectivity index is 2.01. The van der Waals surface area contributed by atoms with Gasteiger partial charge >= 0.3 is 0 Å². The first-order valence-corrected chi connectivity index (χ1v) is 11.5. The van der Waals surface area contributed by atoms with Crippen molar-refractivity contribution < 1.29 is 13.2 Å². The first kappa shape index (κ1) is 19.9. The first-order chi connectivity index (χ1) is 12.9. The smallest absolute Gasteiger partial charge is 0.258 e. The summed E-state index contributed by atoms with van der Waals surface area (Å²) >= 11 is 1.73. The summed E-state index contributed by atoms with van der Waals surface area (Å²) in [5.74, 6) is 0.651. The molecule has 2 aromatic rings. The Labute approximate surface area is 165 Å². The molecule has 27 heavy (non-hydrogen) atoms. The van der Waals surface area contributed by atoms with Crippen molar-refractivity contribution in [2.45, 2.75) is 30.6 Å². The molecule has 0 aromatic heterocycles. The Kier molecular flexibility index (Phi) is 5.93. The summed E-state index contributed by atoms with van der Waals surface area (Å²) in [7, 11) is -3.62. The fraction of sp³-hybridized carbons (Fsp3) is 0.350. The number of hydrogen-bond donors (Lipinski definition) is 0. The minimum absolute atomic E-state index is 0.168. The summed E-state index contributed by atoms with van der Waals surface area (Å²) in [6.07, 6.45) is 0. The van der Waals surface area contributed by atoms with E-state index in [1.807, 2.05) is 38.1 Å². The highest BCUT2D eigenvalue weighted by molar-refractivity contribution is 7.99. The lowest BCUT2D eigenvalue weighted by Crippen LogP contribution is -2.36. The van der Waals surface area contributed by atoms with Gasteiger partial charge in [0.1, 0.15) is 0 Å². The maximum Gasteiger partial charge on any atom is 0.258 e. The van der Waals surface area contributed by atoms with Gasteiger partial charge in [-0.2, -0.15) is 4.31 Å². The second-order valence-electron chi connectivity index (χ2n) is 6.34. The summed E-state index contributed by atoms with van der Waals surface area (Å²) in [5, 5.41) is 0. The van der Waals surface area contributed by atoms with Crippen molar-refractivity contribution >= 4 is 33.4 Å². The van der Waals surface area contributed by atoms with Gasteiger partial charge in [-0.15, -0.1) is 11.8 Å². The van der Waals surface area contributed by atoms with E-state index in [1.165, 1.54) is 10.4 Å². The summed E-state index contributed by atoms with van der Waals surface area (Å²) in [5.41, 5.74) is 1.92. The fourth-order valence-corrected chi connectivity index (χ4v) is 5.95. The van der Waals surface area contributed by atoms with E-state index in [2.05, 4.69) is 0 Å². The van der Waals surface area contributed by atoms with Gasteiger partial charge in [0.05, 0.1) is 10.6 Å². The molecule has 0 saturated carbocycles. The highest BCUT2D eigenvalue weighted by Gasteiger charge is 2.27. The standard InChI is InChI=1S/C20H24N2O3S2/c1-4-21(5-2)27(24,25)19-14-16(11-10-15(19)3)20(23)22-12-13-26-18-9-7-6-8-17(18)22/h6-11,14H,4-5,12-13H2,1-3H3. The average Bonchev–Trinajstić information content (AvgIpc) is 2.68. The number of sulfonamides is 1. The molecule has 0 unspecified atom stereocenters. The molecular formula is C20H24N2O3S2. The lowest BCUT2D eigenvalue weighted by molar-refractivity contribution is 0.0987. The zero-order chi connectivity index (χ0) is 19.6. The third-order valence-electron chi connectivity index (χ3n) is 4.73. The molecule has 2 aromatic carbocycles. The fourth-order valence-electron chi connectivity index (χ4n) is 3.25. The number of anilines is 1. The van der Waals surface area contributed by atoms with Gasteiger partial charge in [0, 0.05) is 35.8 Å². The van der Waals surface area contributed by atoms with Crippen LogP contribution in [0.3, 0.4) is 0 Å². The van der Waals surface area contributed by atoms with Gasteiger partial charge in [-0.3, -0.25) is 4.79 Å². The Morgan fingerprint density at radius 2 is 1.85 bits per heavy atom. The topological polar surface area (TPSA) is 57.7 Å². The van der Waals surface area contributed by atoms with Crippen molar-refractivity contribution in [3.63, 3.8) is 0 Å². The Morgan fingerprint density at radius 1 is 1.15 bits per heavy atom. The molecule has 144 valence electrons. The number of carbonyl (C=O) groups excluding carboxylic acids is 1. The van der Waals surface area contributed by atoms with Crippen LogP contribution in [0.4, 0.5) is 5.69 Å². The van der Waals surface area contributed by atoms with Crippen LogP contribution in [-0.2, 0) is 10.0 Å². The van der Waals surface area contributed by atoms with E-state index in [-0.39, 0.29) is 10.8 Å². The lowest BCUT2D eigenvalue weighted by atomic mass is 10.1. The van der Waals surface area contributed by atoms with Crippen LogP contribution in [0.15, 0.2) is 52.3 Å². The number of carbonyl (C=O) groups is 1. The molecule has 1 heterocycles. The number of nitrogens with zero attached hydrogens (tertiary/aromatic N) is 2. The number of para-hydroxylation sites is 1. The van der Waals surface area contributed by atoms with Crippen LogP contribution < -0.4 is 4.90 Å². The molecular weight excluding hydrogens is 380 g/mol. The molecule has 0 N–H and O–H groups in total. The maximum atomic E-state index is 13.2. The Bertz CT molecular complexity index is 953. The van der Waals surface area contributed by atoms with Gasteiger partial charge in [0.2, 0.25) is 10.0 Å². The number of rotatable bonds is 5. The molecule has 0 radical (unpaired) electrons. The summed E-state index contributed by atoms with van der Waals surface area (Å²) in [4.78, 5) is 16.2. The minimum atomic E-state index is -3.62. The zero-order valence-corrected chi connectivity index (χ0v) is 17.4. The maximum absolute atomic E-state index is 13.2. The number of fused-ring (bicyclic) bond motifs is 1. The highest BCUT2D eigenvalue weighted by Crippen LogP contribution is 2.35. The normalized spacial score (nSPS) is 14.3. The highest BCUT2D eigenvalue weighted by atomic mass is 32.2. The minimum Gasteiger partial charge on any atom is -0.306 e. The molecule has 0 fully saturated rings. The summed E-state index contributed by atoms with van der Waals surface area (Å²) in [6, 6.07) is 12.8. The number of aryl methyl sites for hydroxylation is 1.